The lowest BCUT2D eigenvalue weighted by atomic mass is 10.1. The first-order valence-corrected chi connectivity index (χ1v) is 7.19. The van der Waals surface area contributed by atoms with Gasteiger partial charge in [-0.2, -0.15) is 0 Å². The molecule has 3 aromatic rings. The summed E-state index contributed by atoms with van der Waals surface area (Å²) in [4.78, 5) is 28.4. The van der Waals surface area contributed by atoms with Crippen LogP contribution >= 0.6 is 0 Å². The van der Waals surface area contributed by atoms with Crippen molar-refractivity contribution in [2.45, 2.75) is 26.9 Å². The van der Waals surface area contributed by atoms with Crippen LogP contribution in [0.1, 0.15) is 16.8 Å². The number of hydrogen-bond acceptors (Lipinski definition) is 5. The average Bonchev–Trinajstić information content (AvgIpc) is 2.91. The second kappa shape index (κ2) is 6.04. The minimum Gasteiger partial charge on any atom is -0.350 e. The molecule has 0 saturated heterocycles. The van der Waals surface area contributed by atoms with Crippen molar-refractivity contribution in [3.8, 4) is 0 Å². The molecule has 0 aliphatic carbocycles. The van der Waals surface area contributed by atoms with E-state index in [4.69, 9.17) is 4.52 Å². The van der Waals surface area contributed by atoms with Crippen molar-refractivity contribution in [2.24, 2.45) is 0 Å². The predicted molar refractivity (Wildman–Crippen MR) is 83.8 cm³/mol. The van der Waals surface area contributed by atoms with Gasteiger partial charge in [-0.25, -0.2) is 4.98 Å². The maximum absolute atomic E-state index is 12.3. The van der Waals surface area contributed by atoms with Crippen LogP contribution < -0.4 is 10.9 Å². The second-order valence-corrected chi connectivity index (χ2v) is 5.33. The molecule has 1 N–H and O–H groups in total. The molecule has 2 aromatic heterocycles. The van der Waals surface area contributed by atoms with Crippen LogP contribution in [0.5, 0.6) is 0 Å². The Morgan fingerprint density at radius 3 is 2.87 bits per heavy atom. The van der Waals surface area contributed by atoms with Crippen molar-refractivity contribution < 1.29 is 9.32 Å². The van der Waals surface area contributed by atoms with Gasteiger partial charge in [0.2, 0.25) is 5.91 Å². The van der Waals surface area contributed by atoms with E-state index in [9.17, 15) is 9.59 Å². The number of nitrogens with zero attached hydrogens (tertiary/aromatic N) is 3. The number of hydrogen-bond donors (Lipinski definition) is 1. The highest BCUT2D eigenvalue weighted by molar-refractivity contribution is 5.77. The Hall–Kier alpha value is -2.96. The monoisotopic (exact) mass is 312 g/mol. The van der Waals surface area contributed by atoms with E-state index in [1.807, 2.05) is 31.2 Å². The number of fused-ring (bicyclic) bond motifs is 1. The molecule has 0 fully saturated rings. The summed E-state index contributed by atoms with van der Waals surface area (Å²) in [6.45, 7) is 3.97. The van der Waals surface area contributed by atoms with E-state index in [0.717, 1.165) is 11.1 Å². The Morgan fingerprint density at radius 2 is 2.09 bits per heavy atom. The highest BCUT2D eigenvalue weighted by atomic mass is 16.5. The zero-order chi connectivity index (χ0) is 16.4. The molecule has 0 unspecified atom stereocenters. The quantitative estimate of drug-likeness (QED) is 0.784. The molecule has 118 valence electrons. The Labute approximate surface area is 131 Å². The average molecular weight is 312 g/mol. The Bertz CT molecular complexity index is 926. The van der Waals surface area contributed by atoms with Gasteiger partial charge in [0.05, 0.1) is 5.69 Å². The van der Waals surface area contributed by atoms with E-state index in [1.165, 1.54) is 10.9 Å². The molecule has 0 radical (unpaired) electrons. The summed E-state index contributed by atoms with van der Waals surface area (Å²) in [5.41, 5.74) is 2.46. The Kier molecular flexibility index (Phi) is 3.92. The van der Waals surface area contributed by atoms with Crippen molar-refractivity contribution >= 4 is 17.0 Å². The normalized spacial score (nSPS) is 10.9. The number of benzene rings is 1. The molecule has 0 aliphatic rings. The highest BCUT2D eigenvalue weighted by Crippen LogP contribution is 2.09. The third-order valence-electron chi connectivity index (χ3n) is 3.69. The number of amides is 1. The van der Waals surface area contributed by atoms with Gasteiger partial charge in [-0.15, -0.1) is 0 Å². The maximum atomic E-state index is 12.3. The second-order valence-electron chi connectivity index (χ2n) is 5.33. The third-order valence-corrected chi connectivity index (χ3v) is 3.69. The minimum atomic E-state index is -0.334. The fourth-order valence-electron chi connectivity index (χ4n) is 2.34. The van der Waals surface area contributed by atoms with Crippen LogP contribution in [0, 0.1) is 13.8 Å². The van der Waals surface area contributed by atoms with Crippen LogP contribution in [0.25, 0.3) is 11.1 Å². The molecule has 3 rings (SSSR count). The van der Waals surface area contributed by atoms with Crippen LogP contribution in [0.3, 0.4) is 0 Å². The van der Waals surface area contributed by atoms with Crippen LogP contribution in [-0.4, -0.2) is 20.6 Å². The Balaban J connectivity index is 1.73. The molecule has 0 aliphatic heterocycles. The first-order chi connectivity index (χ1) is 11.1. The van der Waals surface area contributed by atoms with Crippen molar-refractivity contribution in [3.63, 3.8) is 0 Å². The molecule has 7 nitrogen and oxygen atoms in total. The lowest BCUT2D eigenvalue weighted by molar-refractivity contribution is -0.121. The van der Waals surface area contributed by atoms with E-state index in [-0.39, 0.29) is 23.7 Å². The van der Waals surface area contributed by atoms with Gasteiger partial charge in [0.15, 0.2) is 0 Å². The molecule has 0 bridgehead atoms. The molecular formula is C16H16N4O3. The SMILES string of the molecule is Cc1ccccc1CNC(=O)Cn1cnc2onc(C)c2c1=O. The zero-order valence-electron chi connectivity index (χ0n) is 12.9. The lowest BCUT2D eigenvalue weighted by Crippen LogP contribution is -2.32. The van der Waals surface area contributed by atoms with Crippen molar-refractivity contribution in [3.05, 3.63) is 57.8 Å². The number of carbonyl (C=O) groups is 1. The number of carbonyl (C=O) groups excluding carboxylic acids is 1. The standard InChI is InChI=1S/C16H16N4O3/c1-10-5-3-4-6-12(10)7-17-13(21)8-20-9-18-15-14(16(20)22)11(2)19-23-15/h3-6,9H,7-8H2,1-2H3,(H,17,21). The number of aromatic nitrogens is 3. The van der Waals surface area contributed by atoms with Crippen molar-refractivity contribution in [2.75, 3.05) is 0 Å². The third kappa shape index (κ3) is 2.98. The molecular weight excluding hydrogens is 296 g/mol. The van der Waals surface area contributed by atoms with Crippen LogP contribution in [-0.2, 0) is 17.9 Å². The number of rotatable bonds is 4. The fraction of sp³-hybridized carbons (Fsp3) is 0.250. The molecule has 0 saturated carbocycles. The zero-order valence-corrected chi connectivity index (χ0v) is 12.9. The minimum absolute atomic E-state index is 0.0989. The van der Waals surface area contributed by atoms with E-state index in [1.54, 1.807) is 6.92 Å². The maximum Gasteiger partial charge on any atom is 0.267 e. The molecule has 7 heteroatoms. The van der Waals surface area contributed by atoms with E-state index < -0.39 is 0 Å². The van der Waals surface area contributed by atoms with Gasteiger partial charge >= 0.3 is 0 Å². The lowest BCUT2D eigenvalue weighted by Gasteiger charge is -2.09. The van der Waals surface area contributed by atoms with Gasteiger partial charge in [-0.3, -0.25) is 14.2 Å². The predicted octanol–water partition coefficient (Wildman–Crippen LogP) is 1.32. The number of nitrogens with one attached hydrogen (secondary N) is 1. The summed E-state index contributed by atoms with van der Waals surface area (Å²) in [5, 5.41) is 6.82. The van der Waals surface area contributed by atoms with E-state index in [2.05, 4.69) is 15.5 Å². The van der Waals surface area contributed by atoms with Gasteiger partial charge in [0.1, 0.15) is 18.3 Å². The first-order valence-electron chi connectivity index (χ1n) is 7.19. The molecule has 23 heavy (non-hydrogen) atoms. The van der Waals surface area contributed by atoms with Crippen LogP contribution in [0.2, 0.25) is 0 Å². The largest absolute Gasteiger partial charge is 0.350 e. The smallest absolute Gasteiger partial charge is 0.267 e. The molecule has 0 spiro atoms. The molecule has 2 heterocycles. The molecule has 1 amide bonds. The van der Waals surface area contributed by atoms with E-state index in [0.29, 0.717) is 17.6 Å². The van der Waals surface area contributed by atoms with Gasteiger partial charge in [-0.1, -0.05) is 29.4 Å². The summed E-state index contributed by atoms with van der Waals surface area (Å²) < 4.78 is 6.18. The van der Waals surface area contributed by atoms with E-state index >= 15 is 0 Å². The van der Waals surface area contributed by atoms with Gasteiger partial charge in [0.25, 0.3) is 11.3 Å². The summed E-state index contributed by atoms with van der Waals surface area (Å²) >= 11 is 0. The fourth-order valence-corrected chi connectivity index (χ4v) is 2.34. The van der Waals surface area contributed by atoms with Gasteiger partial charge in [0, 0.05) is 6.54 Å². The Morgan fingerprint density at radius 1 is 1.30 bits per heavy atom. The molecule has 1 aromatic carbocycles. The van der Waals surface area contributed by atoms with Crippen LogP contribution in [0.4, 0.5) is 0 Å². The first kappa shape index (κ1) is 15.0. The summed E-state index contributed by atoms with van der Waals surface area (Å²) in [5.74, 6) is -0.259. The van der Waals surface area contributed by atoms with Crippen molar-refractivity contribution in [1.82, 2.24) is 20.0 Å². The highest BCUT2D eigenvalue weighted by Gasteiger charge is 2.13. The summed E-state index contributed by atoms with van der Waals surface area (Å²) in [7, 11) is 0. The summed E-state index contributed by atoms with van der Waals surface area (Å²) in [6.07, 6.45) is 1.29. The van der Waals surface area contributed by atoms with Crippen molar-refractivity contribution in [1.29, 1.82) is 0 Å². The van der Waals surface area contributed by atoms with Crippen LogP contribution in [0.15, 0.2) is 39.9 Å². The summed E-state index contributed by atoms with van der Waals surface area (Å²) in [6, 6.07) is 7.81. The topological polar surface area (TPSA) is 90.0 Å². The number of aryl methyl sites for hydroxylation is 2. The van der Waals surface area contributed by atoms with Gasteiger partial charge in [-0.05, 0) is 25.0 Å². The molecule has 0 atom stereocenters. The van der Waals surface area contributed by atoms with Gasteiger partial charge < -0.3 is 9.84 Å².